The Balaban J connectivity index is 2.91. The summed E-state index contributed by atoms with van der Waals surface area (Å²) in [5.74, 6) is 3.26. The van der Waals surface area contributed by atoms with Crippen LogP contribution in [-0.2, 0) is 9.47 Å². The molecule has 1 aliphatic rings. The average Bonchev–Trinajstić information content (AvgIpc) is 2.29. The van der Waals surface area contributed by atoms with Crippen LogP contribution in [0.5, 0.6) is 0 Å². The predicted molar refractivity (Wildman–Crippen MR) is 70.4 cm³/mol. The van der Waals surface area contributed by atoms with Crippen molar-refractivity contribution in [1.29, 1.82) is 0 Å². The van der Waals surface area contributed by atoms with Gasteiger partial charge in [0, 0.05) is 11.8 Å². The fraction of sp³-hybridized carbons (Fsp3) is 0.867. The van der Waals surface area contributed by atoms with E-state index >= 15 is 0 Å². The third-order valence-electron chi connectivity index (χ3n) is 3.84. The highest BCUT2D eigenvalue weighted by Crippen LogP contribution is 2.37. The Morgan fingerprint density at radius 2 is 1.76 bits per heavy atom. The van der Waals surface area contributed by atoms with E-state index in [4.69, 9.17) is 15.9 Å². The molecule has 2 nitrogen and oxygen atoms in total. The molecule has 1 saturated heterocycles. The maximum absolute atomic E-state index is 6.07. The summed E-state index contributed by atoms with van der Waals surface area (Å²) >= 11 is 0. The molecule has 0 aliphatic carbocycles. The highest BCUT2D eigenvalue weighted by atomic mass is 16.7. The van der Waals surface area contributed by atoms with Gasteiger partial charge in [0.2, 0.25) is 0 Å². The SMILES string of the molecule is C#C[C@@H](C)[C@H]1OC(C)(C)O[C@H]([C@H](C)CC)[C@@H]1C. The molecule has 17 heavy (non-hydrogen) atoms. The molecule has 1 aliphatic heterocycles. The highest BCUT2D eigenvalue weighted by Gasteiger charge is 2.44. The zero-order chi connectivity index (χ0) is 13.2. The number of terminal acetylenes is 1. The van der Waals surface area contributed by atoms with Crippen LogP contribution in [0.2, 0.25) is 0 Å². The van der Waals surface area contributed by atoms with Crippen molar-refractivity contribution >= 4 is 0 Å². The second-order valence-corrected chi connectivity index (χ2v) is 5.76. The van der Waals surface area contributed by atoms with Crippen molar-refractivity contribution in [3.63, 3.8) is 0 Å². The first-order valence-electron chi connectivity index (χ1n) is 6.64. The Morgan fingerprint density at radius 3 is 2.24 bits per heavy atom. The molecule has 0 amide bonds. The second kappa shape index (κ2) is 5.42. The molecule has 1 heterocycles. The maximum Gasteiger partial charge on any atom is 0.163 e. The summed E-state index contributed by atoms with van der Waals surface area (Å²) < 4.78 is 12.1. The molecule has 98 valence electrons. The summed E-state index contributed by atoms with van der Waals surface area (Å²) in [6.07, 6.45) is 6.96. The van der Waals surface area contributed by atoms with Gasteiger partial charge in [0.25, 0.3) is 0 Å². The van der Waals surface area contributed by atoms with Crippen molar-refractivity contribution in [3.8, 4) is 12.3 Å². The van der Waals surface area contributed by atoms with E-state index in [-0.39, 0.29) is 18.1 Å². The lowest BCUT2D eigenvalue weighted by molar-refractivity contribution is -0.331. The molecule has 0 radical (unpaired) electrons. The van der Waals surface area contributed by atoms with Crippen LogP contribution in [0.25, 0.3) is 0 Å². The predicted octanol–water partition coefficient (Wildman–Crippen LogP) is 3.46. The number of hydrogen-bond acceptors (Lipinski definition) is 2. The van der Waals surface area contributed by atoms with Crippen molar-refractivity contribution < 1.29 is 9.47 Å². The number of rotatable bonds is 3. The molecule has 0 spiro atoms. The first-order valence-corrected chi connectivity index (χ1v) is 6.64. The largest absolute Gasteiger partial charge is 0.347 e. The van der Waals surface area contributed by atoms with E-state index in [0.717, 1.165) is 6.42 Å². The summed E-state index contributed by atoms with van der Waals surface area (Å²) in [6, 6.07) is 0. The smallest absolute Gasteiger partial charge is 0.163 e. The normalized spacial score (nSPS) is 35.9. The van der Waals surface area contributed by atoms with Crippen molar-refractivity contribution in [3.05, 3.63) is 0 Å². The Morgan fingerprint density at radius 1 is 1.24 bits per heavy atom. The van der Waals surface area contributed by atoms with E-state index in [1.165, 1.54) is 0 Å². The van der Waals surface area contributed by atoms with Crippen molar-refractivity contribution in [2.75, 3.05) is 0 Å². The molecule has 0 aromatic heterocycles. The minimum absolute atomic E-state index is 0.0859. The first kappa shape index (κ1) is 14.5. The van der Waals surface area contributed by atoms with E-state index in [2.05, 4.69) is 33.6 Å². The van der Waals surface area contributed by atoms with Crippen LogP contribution in [0.1, 0.15) is 48.0 Å². The molecule has 0 aromatic rings. The van der Waals surface area contributed by atoms with Gasteiger partial charge in [-0.1, -0.05) is 27.2 Å². The van der Waals surface area contributed by atoms with E-state index < -0.39 is 5.79 Å². The van der Waals surface area contributed by atoms with E-state index in [1.54, 1.807) is 0 Å². The third kappa shape index (κ3) is 3.24. The van der Waals surface area contributed by atoms with E-state index in [9.17, 15) is 0 Å². The third-order valence-corrected chi connectivity index (χ3v) is 3.84. The quantitative estimate of drug-likeness (QED) is 0.701. The fourth-order valence-corrected chi connectivity index (χ4v) is 2.60. The van der Waals surface area contributed by atoms with Gasteiger partial charge in [-0.2, -0.15) is 0 Å². The van der Waals surface area contributed by atoms with Gasteiger partial charge >= 0.3 is 0 Å². The molecule has 2 heteroatoms. The van der Waals surface area contributed by atoms with Gasteiger partial charge in [-0.15, -0.1) is 12.3 Å². The molecule has 0 aromatic carbocycles. The van der Waals surface area contributed by atoms with Crippen molar-refractivity contribution in [2.24, 2.45) is 17.8 Å². The average molecular weight is 238 g/mol. The summed E-state index contributed by atoms with van der Waals surface area (Å²) in [5, 5.41) is 0. The molecule has 0 unspecified atom stereocenters. The Bertz CT molecular complexity index is 290. The van der Waals surface area contributed by atoms with Gasteiger partial charge in [0.1, 0.15) is 0 Å². The molecular weight excluding hydrogens is 212 g/mol. The van der Waals surface area contributed by atoms with E-state index in [0.29, 0.717) is 11.8 Å². The van der Waals surface area contributed by atoms with Crippen LogP contribution in [0.3, 0.4) is 0 Å². The summed E-state index contributed by atoms with van der Waals surface area (Å²) in [7, 11) is 0. The minimum atomic E-state index is -0.531. The summed E-state index contributed by atoms with van der Waals surface area (Å²) in [4.78, 5) is 0. The van der Waals surface area contributed by atoms with Crippen LogP contribution in [-0.4, -0.2) is 18.0 Å². The summed E-state index contributed by atoms with van der Waals surface area (Å²) in [6.45, 7) is 12.6. The summed E-state index contributed by atoms with van der Waals surface area (Å²) in [5.41, 5.74) is 0. The Labute approximate surface area is 106 Å². The van der Waals surface area contributed by atoms with Gasteiger partial charge in [0.05, 0.1) is 12.2 Å². The molecule has 5 atom stereocenters. The van der Waals surface area contributed by atoms with Gasteiger partial charge in [-0.3, -0.25) is 0 Å². The van der Waals surface area contributed by atoms with Crippen LogP contribution in [0.15, 0.2) is 0 Å². The first-order chi connectivity index (χ1) is 7.82. The fourth-order valence-electron chi connectivity index (χ4n) is 2.60. The lowest BCUT2D eigenvalue weighted by Gasteiger charge is -2.48. The minimum Gasteiger partial charge on any atom is -0.347 e. The van der Waals surface area contributed by atoms with Gasteiger partial charge in [-0.05, 0) is 26.7 Å². The monoisotopic (exact) mass is 238 g/mol. The molecular formula is C15H26O2. The van der Waals surface area contributed by atoms with Crippen molar-refractivity contribution in [1.82, 2.24) is 0 Å². The van der Waals surface area contributed by atoms with Gasteiger partial charge in [-0.25, -0.2) is 0 Å². The van der Waals surface area contributed by atoms with Gasteiger partial charge < -0.3 is 9.47 Å². The second-order valence-electron chi connectivity index (χ2n) is 5.76. The molecule has 0 saturated carbocycles. The standard InChI is InChI=1S/C15H26O2/c1-8-10(3)13-12(5)14(11(4)9-2)17-15(6,7)16-13/h1,10-14H,9H2,2-7H3/t10-,11-,12-,13-,14-/m1/s1. The molecule has 1 rings (SSSR count). The van der Waals surface area contributed by atoms with E-state index in [1.807, 2.05) is 13.8 Å². The Hall–Kier alpha value is -0.520. The van der Waals surface area contributed by atoms with Crippen LogP contribution in [0, 0.1) is 30.1 Å². The topological polar surface area (TPSA) is 18.5 Å². The maximum atomic E-state index is 6.07. The molecule has 1 fully saturated rings. The van der Waals surface area contributed by atoms with Crippen LogP contribution < -0.4 is 0 Å². The zero-order valence-electron chi connectivity index (χ0n) is 12.0. The Kier molecular flexibility index (Phi) is 4.63. The highest BCUT2D eigenvalue weighted by molar-refractivity contribution is 4.99. The lowest BCUT2D eigenvalue weighted by atomic mass is 9.82. The van der Waals surface area contributed by atoms with Crippen LogP contribution in [0.4, 0.5) is 0 Å². The number of hydrogen-bond donors (Lipinski definition) is 0. The lowest BCUT2D eigenvalue weighted by Crippen LogP contribution is -2.53. The zero-order valence-corrected chi connectivity index (χ0v) is 12.0. The van der Waals surface area contributed by atoms with Crippen LogP contribution >= 0.6 is 0 Å². The van der Waals surface area contributed by atoms with Gasteiger partial charge in [0.15, 0.2) is 5.79 Å². The number of ether oxygens (including phenoxy) is 2. The molecule has 0 N–H and O–H groups in total. The van der Waals surface area contributed by atoms with Crippen molar-refractivity contribution in [2.45, 2.75) is 66.0 Å². The molecule has 0 bridgehead atoms.